The Morgan fingerprint density at radius 1 is 1.00 bits per heavy atom. The van der Waals surface area contributed by atoms with Gasteiger partial charge in [0.25, 0.3) is 0 Å². The summed E-state index contributed by atoms with van der Waals surface area (Å²) in [5.41, 5.74) is 1.17. The summed E-state index contributed by atoms with van der Waals surface area (Å²) in [6.45, 7) is 4.73. The number of alkyl halides is 6. The summed E-state index contributed by atoms with van der Waals surface area (Å²) < 4.78 is 69.1. The molecule has 0 spiro atoms. The summed E-state index contributed by atoms with van der Waals surface area (Å²) in [5.74, 6) is -3.63. The van der Waals surface area contributed by atoms with Gasteiger partial charge < -0.3 is 25.2 Å². The Bertz CT molecular complexity index is 696. The molecule has 2 aliphatic heterocycles. The fourth-order valence-electron chi connectivity index (χ4n) is 2.28. The minimum Gasteiger partial charge on any atom is -0.476 e. The molecule has 14 heteroatoms. The van der Waals surface area contributed by atoms with Crippen LogP contribution in [0.25, 0.3) is 0 Å². The van der Waals surface area contributed by atoms with Gasteiger partial charge in [0.05, 0.1) is 0 Å². The Hall–Kier alpha value is -2.77. The molecule has 3 heterocycles. The van der Waals surface area contributed by atoms with Crippen LogP contribution in [0.4, 0.5) is 32.2 Å². The summed E-state index contributed by atoms with van der Waals surface area (Å²) in [4.78, 5) is 24.7. The number of carboxylic acids is 2. The number of aliphatic carboxylic acids is 2. The van der Waals surface area contributed by atoms with Crippen LogP contribution in [0.5, 0.6) is 5.88 Å². The predicted octanol–water partition coefficient (Wildman–Crippen LogP) is 2.43. The summed E-state index contributed by atoms with van der Waals surface area (Å²) >= 11 is 0. The number of nitrogens with zero attached hydrogens (tertiary/aromatic N) is 2. The average molecular weight is 447 g/mol. The number of anilines is 1. The van der Waals surface area contributed by atoms with Crippen molar-refractivity contribution < 1.29 is 50.9 Å². The van der Waals surface area contributed by atoms with E-state index in [9.17, 15) is 26.3 Å². The molecule has 1 aromatic rings. The van der Waals surface area contributed by atoms with Crippen LogP contribution in [0.1, 0.15) is 18.4 Å². The van der Waals surface area contributed by atoms with Crippen LogP contribution in [0.15, 0.2) is 12.1 Å². The van der Waals surface area contributed by atoms with E-state index in [0.717, 1.165) is 37.9 Å². The average Bonchev–Trinajstić information content (AvgIpc) is 3.06. The zero-order valence-electron chi connectivity index (χ0n) is 15.4. The fourth-order valence-corrected chi connectivity index (χ4v) is 2.28. The van der Waals surface area contributed by atoms with Gasteiger partial charge in [-0.1, -0.05) is 0 Å². The lowest BCUT2D eigenvalue weighted by Gasteiger charge is -2.17. The molecular formula is C16H19F6N3O5. The van der Waals surface area contributed by atoms with Crippen molar-refractivity contribution in [3.8, 4) is 5.88 Å². The van der Waals surface area contributed by atoms with Gasteiger partial charge in [0.2, 0.25) is 5.88 Å². The maximum atomic E-state index is 10.6. The molecule has 0 saturated carbocycles. The Morgan fingerprint density at radius 3 is 1.97 bits per heavy atom. The molecule has 170 valence electrons. The standard InChI is InChI=1S/C12H17N3O.2C2HF3O2/c1-2-7-15(6-1)11-4-3-10-9-13-5-8-16-12(10)14-11;2*3-2(4,5)1(6)7/h3-4,13H,1-2,5-9H2;2*(H,6,7). The zero-order valence-corrected chi connectivity index (χ0v) is 15.4. The Balaban J connectivity index is 0.000000271. The van der Waals surface area contributed by atoms with Crippen molar-refractivity contribution in [1.29, 1.82) is 0 Å². The van der Waals surface area contributed by atoms with Gasteiger partial charge in [-0.05, 0) is 25.0 Å². The van der Waals surface area contributed by atoms with Gasteiger partial charge in [0.1, 0.15) is 12.4 Å². The summed E-state index contributed by atoms with van der Waals surface area (Å²) in [5, 5.41) is 17.6. The minimum absolute atomic E-state index is 0.712. The largest absolute Gasteiger partial charge is 0.490 e. The number of pyridine rings is 1. The Labute approximate surface area is 166 Å². The van der Waals surface area contributed by atoms with E-state index in [1.807, 2.05) is 0 Å². The van der Waals surface area contributed by atoms with Crippen LogP contribution in [0, 0.1) is 0 Å². The molecule has 0 radical (unpaired) electrons. The van der Waals surface area contributed by atoms with Crippen molar-refractivity contribution in [2.45, 2.75) is 31.7 Å². The number of nitrogens with one attached hydrogen (secondary N) is 1. The first-order valence-electron chi connectivity index (χ1n) is 8.51. The maximum absolute atomic E-state index is 10.6. The maximum Gasteiger partial charge on any atom is 0.490 e. The van der Waals surface area contributed by atoms with Crippen molar-refractivity contribution in [2.75, 3.05) is 31.1 Å². The molecule has 3 rings (SSSR count). The molecule has 8 nitrogen and oxygen atoms in total. The van der Waals surface area contributed by atoms with Gasteiger partial charge in [-0.2, -0.15) is 31.3 Å². The lowest BCUT2D eigenvalue weighted by atomic mass is 10.2. The van der Waals surface area contributed by atoms with Gasteiger partial charge >= 0.3 is 24.3 Å². The van der Waals surface area contributed by atoms with Gasteiger partial charge in [-0.3, -0.25) is 0 Å². The second kappa shape index (κ2) is 10.8. The molecule has 3 N–H and O–H groups in total. The van der Waals surface area contributed by atoms with Crippen molar-refractivity contribution in [1.82, 2.24) is 10.3 Å². The highest BCUT2D eigenvalue weighted by Crippen LogP contribution is 2.24. The lowest BCUT2D eigenvalue weighted by Crippen LogP contribution is -2.21. The number of hydrogen-bond acceptors (Lipinski definition) is 6. The van der Waals surface area contributed by atoms with Crippen LogP contribution in [-0.4, -0.2) is 65.7 Å². The molecular weight excluding hydrogens is 428 g/mol. The van der Waals surface area contributed by atoms with E-state index < -0.39 is 24.3 Å². The molecule has 1 aromatic heterocycles. The summed E-state index contributed by atoms with van der Waals surface area (Å²) in [7, 11) is 0. The quantitative estimate of drug-likeness (QED) is 0.563. The molecule has 0 aromatic carbocycles. The van der Waals surface area contributed by atoms with Gasteiger partial charge in [-0.15, -0.1) is 0 Å². The van der Waals surface area contributed by atoms with Crippen molar-refractivity contribution in [3.05, 3.63) is 17.7 Å². The first-order chi connectivity index (χ1) is 13.8. The summed E-state index contributed by atoms with van der Waals surface area (Å²) in [6, 6.07) is 4.24. The normalized spacial score (nSPS) is 16.0. The van der Waals surface area contributed by atoms with E-state index in [2.05, 4.69) is 27.3 Å². The molecule has 1 saturated heterocycles. The highest BCUT2D eigenvalue weighted by molar-refractivity contribution is 5.73. The molecule has 2 aliphatic rings. The Kier molecular flexibility index (Phi) is 9.14. The van der Waals surface area contributed by atoms with Crippen LogP contribution < -0.4 is 15.0 Å². The Morgan fingerprint density at radius 2 is 1.50 bits per heavy atom. The number of carboxylic acid groups (broad SMARTS) is 2. The van der Waals surface area contributed by atoms with Gasteiger partial charge in [-0.25, -0.2) is 9.59 Å². The third-order valence-corrected chi connectivity index (χ3v) is 3.67. The molecule has 0 amide bonds. The predicted molar refractivity (Wildman–Crippen MR) is 90.3 cm³/mol. The molecule has 0 aliphatic carbocycles. The smallest absolute Gasteiger partial charge is 0.476 e. The molecule has 30 heavy (non-hydrogen) atoms. The van der Waals surface area contributed by atoms with E-state index >= 15 is 0 Å². The van der Waals surface area contributed by atoms with E-state index in [1.54, 1.807) is 0 Å². The zero-order chi connectivity index (χ0) is 22.9. The van der Waals surface area contributed by atoms with Crippen LogP contribution in [0.3, 0.4) is 0 Å². The van der Waals surface area contributed by atoms with Crippen LogP contribution in [0.2, 0.25) is 0 Å². The molecule has 0 unspecified atom stereocenters. The van der Waals surface area contributed by atoms with Gasteiger partial charge in [0, 0.05) is 31.7 Å². The number of aromatic nitrogens is 1. The van der Waals surface area contributed by atoms with E-state index in [4.69, 9.17) is 24.5 Å². The first-order valence-corrected chi connectivity index (χ1v) is 8.51. The highest BCUT2D eigenvalue weighted by atomic mass is 19.4. The monoisotopic (exact) mass is 447 g/mol. The number of hydrogen-bond donors (Lipinski definition) is 3. The van der Waals surface area contributed by atoms with E-state index in [-0.39, 0.29) is 0 Å². The molecule has 0 atom stereocenters. The molecule has 1 fully saturated rings. The lowest BCUT2D eigenvalue weighted by molar-refractivity contribution is -0.193. The van der Waals surface area contributed by atoms with E-state index in [0.29, 0.717) is 6.61 Å². The second-order valence-corrected chi connectivity index (χ2v) is 5.96. The number of fused-ring (bicyclic) bond motifs is 1. The van der Waals surface area contributed by atoms with Crippen LogP contribution in [-0.2, 0) is 16.1 Å². The highest BCUT2D eigenvalue weighted by Gasteiger charge is 2.38. The van der Waals surface area contributed by atoms with Crippen molar-refractivity contribution in [3.63, 3.8) is 0 Å². The fraction of sp³-hybridized carbons (Fsp3) is 0.562. The van der Waals surface area contributed by atoms with Crippen molar-refractivity contribution in [2.24, 2.45) is 0 Å². The minimum atomic E-state index is -5.08. The third kappa shape index (κ3) is 8.71. The van der Waals surface area contributed by atoms with Crippen molar-refractivity contribution >= 4 is 17.8 Å². The number of halogens is 6. The first kappa shape index (κ1) is 25.3. The van der Waals surface area contributed by atoms with Gasteiger partial charge in [0.15, 0.2) is 0 Å². The van der Waals surface area contributed by atoms with Crippen LogP contribution >= 0.6 is 0 Å². The number of ether oxygens (including phenoxy) is 1. The second-order valence-electron chi connectivity index (χ2n) is 5.96. The third-order valence-electron chi connectivity index (χ3n) is 3.67. The SMILES string of the molecule is O=C(O)C(F)(F)F.O=C(O)C(F)(F)F.c1cc2c(nc1N1CCCC1)OCCNC2. The van der Waals surface area contributed by atoms with E-state index in [1.165, 1.54) is 18.4 Å². The topological polar surface area (TPSA) is 112 Å². The number of carbonyl (C=O) groups is 2. The summed E-state index contributed by atoms with van der Waals surface area (Å²) in [6.07, 6.45) is -7.61. The molecule has 0 bridgehead atoms. The number of rotatable bonds is 1.